The normalized spacial score (nSPS) is 17.7. The molecule has 2 saturated heterocycles. The number of carboxylic acid groups (broad SMARTS) is 2. The number of urea groups is 1. The van der Waals surface area contributed by atoms with Crippen molar-refractivity contribution in [1.82, 2.24) is 10.2 Å². The summed E-state index contributed by atoms with van der Waals surface area (Å²) >= 11 is 0. The van der Waals surface area contributed by atoms with E-state index in [2.05, 4.69) is 5.32 Å². The van der Waals surface area contributed by atoms with Crippen LogP contribution < -0.4 is 10.2 Å². The van der Waals surface area contributed by atoms with Crippen molar-refractivity contribution in [2.75, 3.05) is 31.1 Å². The van der Waals surface area contributed by atoms with Crippen LogP contribution in [-0.2, 0) is 4.79 Å². The molecule has 8 nitrogen and oxygen atoms in total. The summed E-state index contributed by atoms with van der Waals surface area (Å²) < 4.78 is 60.3. The number of hydrogen-bond acceptors (Lipinski definition) is 4. The lowest BCUT2D eigenvalue weighted by molar-refractivity contribution is -0.192. The molecular formula is C21H18F5N3O5. The highest BCUT2D eigenvalue weighted by Crippen LogP contribution is 2.31. The number of carbonyl (C=O) groups is 3. The van der Waals surface area contributed by atoms with Crippen molar-refractivity contribution in [3.8, 4) is 11.1 Å². The van der Waals surface area contributed by atoms with Gasteiger partial charge in [0, 0.05) is 37.4 Å². The Kier molecular flexibility index (Phi) is 7.05. The maximum absolute atomic E-state index is 14.7. The molecule has 0 radical (unpaired) electrons. The first-order valence-corrected chi connectivity index (χ1v) is 9.82. The highest BCUT2D eigenvalue weighted by molar-refractivity contribution is 5.95. The molecule has 182 valence electrons. The number of nitrogens with zero attached hydrogens (tertiary/aromatic N) is 2. The minimum absolute atomic E-state index is 0.0617. The Bertz CT molecular complexity index is 1120. The molecule has 2 amide bonds. The Morgan fingerprint density at radius 1 is 1.03 bits per heavy atom. The lowest BCUT2D eigenvalue weighted by atomic mass is 10.0. The number of carbonyl (C=O) groups excluding carboxylic acids is 1. The summed E-state index contributed by atoms with van der Waals surface area (Å²) in [6.45, 7) is 2.54. The molecule has 0 aliphatic carbocycles. The van der Waals surface area contributed by atoms with E-state index in [-0.39, 0.29) is 23.2 Å². The van der Waals surface area contributed by atoms with Crippen LogP contribution in [0.25, 0.3) is 11.1 Å². The Morgan fingerprint density at radius 2 is 1.71 bits per heavy atom. The molecule has 2 aliphatic heterocycles. The van der Waals surface area contributed by atoms with Crippen molar-refractivity contribution in [1.29, 1.82) is 0 Å². The van der Waals surface area contributed by atoms with Crippen molar-refractivity contribution in [2.24, 2.45) is 0 Å². The summed E-state index contributed by atoms with van der Waals surface area (Å²) in [5.41, 5.74) is 0.346. The second-order valence-corrected chi connectivity index (χ2v) is 7.41. The van der Waals surface area contributed by atoms with Crippen LogP contribution in [0, 0.1) is 11.6 Å². The van der Waals surface area contributed by atoms with Crippen LogP contribution >= 0.6 is 0 Å². The van der Waals surface area contributed by atoms with Gasteiger partial charge in [-0.05, 0) is 35.9 Å². The Labute approximate surface area is 189 Å². The monoisotopic (exact) mass is 487 g/mol. The number of anilines is 1. The smallest absolute Gasteiger partial charge is 0.478 e. The summed E-state index contributed by atoms with van der Waals surface area (Å²) in [4.78, 5) is 35.7. The van der Waals surface area contributed by atoms with Gasteiger partial charge in [-0.3, -0.25) is 4.90 Å². The van der Waals surface area contributed by atoms with Gasteiger partial charge in [0.05, 0.1) is 11.6 Å². The van der Waals surface area contributed by atoms with E-state index in [9.17, 15) is 31.5 Å². The van der Waals surface area contributed by atoms with Gasteiger partial charge in [0.1, 0.15) is 11.6 Å². The standard InChI is InChI=1S/C19H17F2N3O3.C2HF3O2/c20-16-7-11(1-3-15(16)18(25)26)14-4-2-12(8-17(14)21)24-10-13-9-22-5-6-23(13)19(24)27;3-2(4,5)1(6)7/h1-4,7-8,13,22H,5-6,9-10H2,(H,25,26);(H,6,7)/t13-;/m0./s1. The average Bonchev–Trinajstić information content (AvgIpc) is 3.10. The largest absolute Gasteiger partial charge is 0.490 e. The molecule has 2 aliphatic rings. The van der Waals surface area contributed by atoms with Gasteiger partial charge in [0.15, 0.2) is 0 Å². The molecule has 2 heterocycles. The van der Waals surface area contributed by atoms with Gasteiger partial charge in [-0.15, -0.1) is 0 Å². The average molecular weight is 487 g/mol. The van der Waals surface area contributed by atoms with E-state index >= 15 is 0 Å². The molecule has 0 aromatic heterocycles. The molecular weight excluding hydrogens is 469 g/mol. The van der Waals surface area contributed by atoms with Gasteiger partial charge in [-0.2, -0.15) is 13.2 Å². The third-order valence-electron chi connectivity index (χ3n) is 5.24. The van der Waals surface area contributed by atoms with Gasteiger partial charge in [-0.25, -0.2) is 23.2 Å². The second kappa shape index (κ2) is 9.63. The third kappa shape index (κ3) is 5.25. The van der Waals surface area contributed by atoms with Gasteiger partial charge in [-0.1, -0.05) is 6.07 Å². The van der Waals surface area contributed by atoms with E-state index in [1.807, 2.05) is 0 Å². The number of rotatable bonds is 3. The van der Waals surface area contributed by atoms with Gasteiger partial charge >= 0.3 is 24.1 Å². The first-order chi connectivity index (χ1) is 15.9. The Morgan fingerprint density at radius 3 is 2.24 bits per heavy atom. The number of nitrogens with one attached hydrogen (secondary N) is 1. The molecule has 34 heavy (non-hydrogen) atoms. The van der Waals surface area contributed by atoms with Crippen molar-refractivity contribution >= 4 is 23.7 Å². The van der Waals surface area contributed by atoms with Gasteiger partial charge in [0.25, 0.3) is 0 Å². The van der Waals surface area contributed by atoms with Crippen molar-refractivity contribution in [3.63, 3.8) is 0 Å². The molecule has 0 bridgehead atoms. The first kappa shape index (κ1) is 24.9. The maximum atomic E-state index is 14.7. The molecule has 2 aromatic rings. The van der Waals surface area contributed by atoms with Crippen LogP contribution in [0.4, 0.5) is 32.4 Å². The van der Waals surface area contributed by atoms with Crippen molar-refractivity contribution in [2.45, 2.75) is 12.2 Å². The minimum Gasteiger partial charge on any atom is -0.478 e. The van der Waals surface area contributed by atoms with Crippen LogP contribution in [0.15, 0.2) is 36.4 Å². The number of fused-ring (bicyclic) bond motifs is 1. The third-order valence-corrected chi connectivity index (χ3v) is 5.24. The fraction of sp³-hybridized carbons (Fsp3) is 0.286. The van der Waals surface area contributed by atoms with E-state index in [1.165, 1.54) is 18.2 Å². The SMILES string of the molecule is O=C(O)C(F)(F)F.O=C(O)c1ccc(-c2ccc(N3C[C@@H]4CNCCN4C3=O)cc2F)cc1F. The molecule has 4 rings (SSSR count). The molecule has 1 atom stereocenters. The zero-order valence-corrected chi connectivity index (χ0v) is 17.3. The summed E-state index contributed by atoms with van der Waals surface area (Å²) in [5.74, 6) is -5.67. The maximum Gasteiger partial charge on any atom is 0.490 e. The number of carboxylic acids is 2. The molecule has 2 aromatic carbocycles. The Hall–Kier alpha value is -3.74. The summed E-state index contributed by atoms with van der Waals surface area (Å²) in [6.07, 6.45) is -5.08. The fourth-order valence-corrected chi connectivity index (χ4v) is 3.60. The van der Waals surface area contributed by atoms with Crippen molar-refractivity contribution in [3.05, 3.63) is 53.6 Å². The number of alkyl halides is 3. The minimum atomic E-state index is -5.08. The summed E-state index contributed by atoms with van der Waals surface area (Å²) in [6, 6.07) is 7.72. The van der Waals surface area contributed by atoms with E-state index in [4.69, 9.17) is 15.0 Å². The van der Waals surface area contributed by atoms with E-state index in [0.29, 0.717) is 25.3 Å². The lowest BCUT2D eigenvalue weighted by Gasteiger charge is -2.28. The number of halogens is 5. The number of aliphatic carboxylic acids is 1. The topological polar surface area (TPSA) is 110 Å². The molecule has 13 heteroatoms. The van der Waals surface area contributed by atoms with Gasteiger partial charge < -0.3 is 20.4 Å². The zero-order valence-electron chi connectivity index (χ0n) is 17.3. The molecule has 0 unspecified atom stereocenters. The molecule has 0 saturated carbocycles. The fourth-order valence-electron chi connectivity index (χ4n) is 3.60. The van der Waals surface area contributed by atoms with Crippen LogP contribution in [-0.4, -0.2) is 71.5 Å². The second-order valence-electron chi connectivity index (χ2n) is 7.41. The van der Waals surface area contributed by atoms with Crippen molar-refractivity contribution < 1.29 is 46.5 Å². The highest BCUT2D eigenvalue weighted by Gasteiger charge is 2.39. The quantitative estimate of drug-likeness (QED) is 0.574. The van der Waals surface area contributed by atoms with Crippen LogP contribution in [0.1, 0.15) is 10.4 Å². The first-order valence-electron chi connectivity index (χ1n) is 9.82. The number of aromatic carboxylic acids is 1. The number of piperazine rings is 1. The number of amides is 2. The van der Waals surface area contributed by atoms with Gasteiger partial charge in [0.2, 0.25) is 0 Å². The van der Waals surface area contributed by atoms with Crippen LogP contribution in [0.5, 0.6) is 0 Å². The van der Waals surface area contributed by atoms with Crippen LogP contribution in [0.2, 0.25) is 0 Å². The number of hydrogen-bond donors (Lipinski definition) is 3. The summed E-state index contributed by atoms with van der Waals surface area (Å²) in [7, 11) is 0. The summed E-state index contributed by atoms with van der Waals surface area (Å²) in [5, 5.41) is 19.3. The highest BCUT2D eigenvalue weighted by atomic mass is 19.4. The predicted molar refractivity (Wildman–Crippen MR) is 109 cm³/mol. The predicted octanol–water partition coefficient (Wildman–Crippen LogP) is 3.18. The molecule has 2 fully saturated rings. The van der Waals surface area contributed by atoms with E-state index in [1.54, 1.807) is 15.9 Å². The van der Waals surface area contributed by atoms with Crippen LogP contribution in [0.3, 0.4) is 0 Å². The lowest BCUT2D eigenvalue weighted by Crippen LogP contribution is -2.49. The molecule has 0 spiro atoms. The molecule has 3 N–H and O–H groups in total. The Balaban J connectivity index is 0.000000406. The van der Waals surface area contributed by atoms with E-state index < -0.39 is 35.3 Å². The number of benzene rings is 2. The zero-order chi connectivity index (χ0) is 25.2. The van der Waals surface area contributed by atoms with E-state index in [0.717, 1.165) is 18.7 Å².